The summed E-state index contributed by atoms with van der Waals surface area (Å²) < 4.78 is 4.55. The highest BCUT2D eigenvalue weighted by Crippen LogP contribution is 2.23. The normalized spacial score (nSPS) is 11.9. The zero-order chi connectivity index (χ0) is 12.8. The van der Waals surface area contributed by atoms with Crippen LogP contribution in [0.5, 0.6) is 0 Å². The van der Waals surface area contributed by atoms with Crippen LogP contribution in [0.3, 0.4) is 0 Å². The third-order valence-electron chi connectivity index (χ3n) is 2.48. The van der Waals surface area contributed by atoms with E-state index in [1.807, 2.05) is 0 Å². The quantitative estimate of drug-likeness (QED) is 0.472. The van der Waals surface area contributed by atoms with Crippen molar-refractivity contribution in [2.24, 2.45) is 5.73 Å². The Bertz CT molecular complexity index is 420. The van der Waals surface area contributed by atoms with Crippen molar-refractivity contribution in [2.75, 3.05) is 13.7 Å². The molecule has 1 rings (SSSR count). The number of ether oxygens (including phenoxy) is 1. The molecule has 1 aromatic rings. The lowest BCUT2D eigenvalue weighted by Gasteiger charge is -2.13. The molecule has 0 fully saturated rings. The second-order valence-corrected chi connectivity index (χ2v) is 3.56. The van der Waals surface area contributed by atoms with Gasteiger partial charge in [0.1, 0.15) is 0 Å². The van der Waals surface area contributed by atoms with Crippen LogP contribution in [0, 0.1) is 10.1 Å². The molecule has 6 nitrogen and oxygen atoms in total. The van der Waals surface area contributed by atoms with E-state index in [0.29, 0.717) is 5.56 Å². The Morgan fingerprint density at radius 3 is 2.82 bits per heavy atom. The molecule has 0 amide bonds. The van der Waals surface area contributed by atoms with Crippen LogP contribution in [0.4, 0.5) is 5.69 Å². The van der Waals surface area contributed by atoms with Crippen LogP contribution in [-0.2, 0) is 9.53 Å². The summed E-state index contributed by atoms with van der Waals surface area (Å²) in [7, 11) is 1.29. The van der Waals surface area contributed by atoms with Gasteiger partial charge in [0.25, 0.3) is 5.69 Å². The lowest BCUT2D eigenvalue weighted by Crippen LogP contribution is -2.17. The summed E-state index contributed by atoms with van der Waals surface area (Å²) in [6.45, 7) is 0.232. The van der Waals surface area contributed by atoms with E-state index in [1.54, 1.807) is 12.1 Å². The number of benzene rings is 1. The summed E-state index contributed by atoms with van der Waals surface area (Å²) >= 11 is 0. The summed E-state index contributed by atoms with van der Waals surface area (Å²) in [4.78, 5) is 21.3. The second kappa shape index (κ2) is 5.95. The van der Waals surface area contributed by atoms with Gasteiger partial charge in [0, 0.05) is 18.1 Å². The van der Waals surface area contributed by atoms with Crippen molar-refractivity contribution < 1.29 is 14.5 Å². The molecule has 0 bridgehead atoms. The monoisotopic (exact) mass is 238 g/mol. The summed E-state index contributed by atoms with van der Waals surface area (Å²) in [5, 5.41) is 10.6. The molecule has 0 aromatic heterocycles. The first-order valence-electron chi connectivity index (χ1n) is 5.09. The predicted octanol–water partition coefficient (Wildman–Crippen LogP) is 1.20. The molecule has 1 aromatic carbocycles. The molecule has 0 aliphatic rings. The van der Waals surface area contributed by atoms with Crippen molar-refractivity contribution in [1.82, 2.24) is 0 Å². The maximum absolute atomic E-state index is 11.2. The van der Waals surface area contributed by atoms with Crippen molar-refractivity contribution in [3.05, 3.63) is 39.9 Å². The number of esters is 1. The maximum Gasteiger partial charge on any atom is 0.306 e. The Kier molecular flexibility index (Phi) is 4.59. The summed E-state index contributed by atoms with van der Waals surface area (Å²) in [5.41, 5.74) is 6.22. The van der Waals surface area contributed by atoms with Crippen LogP contribution >= 0.6 is 0 Å². The Morgan fingerprint density at radius 1 is 1.59 bits per heavy atom. The van der Waals surface area contributed by atoms with Gasteiger partial charge in [0.2, 0.25) is 0 Å². The molecular formula is C11H14N2O4. The fourth-order valence-electron chi connectivity index (χ4n) is 1.51. The summed E-state index contributed by atoms with van der Waals surface area (Å²) in [6, 6.07) is 6.12. The zero-order valence-electron chi connectivity index (χ0n) is 9.46. The summed E-state index contributed by atoms with van der Waals surface area (Å²) in [6.07, 6.45) is 0.119. The number of hydrogen-bond donors (Lipinski definition) is 1. The van der Waals surface area contributed by atoms with Crippen LogP contribution in [0.25, 0.3) is 0 Å². The molecule has 0 aliphatic heterocycles. The number of carbonyl (C=O) groups excluding carboxylic acids is 1. The Morgan fingerprint density at radius 2 is 2.29 bits per heavy atom. The van der Waals surface area contributed by atoms with E-state index in [-0.39, 0.29) is 30.5 Å². The van der Waals surface area contributed by atoms with Gasteiger partial charge < -0.3 is 10.5 Å². The Hall–Kier alpha value is -1.95. The number of nitro groups is 1. The molecule has 1 atom stereocenters. The average molecular weight is 238 g/mol. The van der Waals surface area contributed by atoms with Crippen molar-refractivity contribution in [3.63, 3.8) is 0 Å². The Balaban J connectivity index is 2.91. The predicted molar refractivity (Wildman–Crippen MR) is 61.5 cm³/mol. The molecule has 0 radical (unpaired) electrons. The number of methoxy groups -OCH3 is 1. The second-order valence-electron chi connectivity index (χ2n) is 3.56. The minimum atomic E-state index is -0.477. The lowest BCUT2D eigenvalue weighted by molar-refractivity contribution is -0.384. The first kappa shape index (κ1) is 13.1. The number of nitrogens with zero attached hydrogens (tertiary/aromatic N) is 1. The number of hydrogen-bond acceptors (Lipinski definition) is 5. The van der Waals surface area contributed by atoms with Crippen LogP contribution in [0.15, 0.2) is 24.3 Å². The SMILES string of the molecule is COC(=O)CC(CN)c1cccc([N+](=O)[O-])c1. The van der Waals surface area contributed by atoms with Gasteiger partial charge >= 0.3 is 5.97 Å². The van der Waals surface area contributed by atoms with Gasteiger partial charge in [-0.2, -0.15) is 0 Å². The largest absolute Gasteiger partial charge is 0.469 e. The fourth-order valence-corrected chi connectivity index (χ4v) is 1.51. The van der Waals surface area contributed by atoms with E-state index in [4.69, 9.17) is 5.73 Å². The van der Waals surface area contributed by atoms with Gasteiger partial charge in [-0.15, -0.1) is 0 Å². The lowest BCUT2D eigenvalue weighted by atomic mass is 9.95. The van der Waals surface area contributed by atoms with Gasteiger partial charge in [-0.3, -0.25) is 14.9 Å². The third-order valence-corrected chi connectivity index (χ3v) is 2.48. The number of non-ortho nitro benzene ring substituents is 1. The zero-order valence-corrected chi connectivity index (χ0v) is 9.46. The summed E-state index contributed by atoms with van der Waals surface area (Å²) in [5.74, 6) is -0.644. The van der Waals surface area contributed by atoms with E-state index < -0.39 is 4.92 Å². The minimum absolute atomic E-state index is 0.00850. The van der Waals surface area contributed by atoms with Gasteiger partial charge in [-0.05, 0) is 12.1 Å². The van der Waals surface area contributed by atoms with Crippen molar-refractivity contribution in [2.45, 2.75) is 12.3 Å². The molecule has 2 N–H and O–H groups in total. The number of nitro benzene ring substituents is 1. The molecule has 0 spiro atoms. The third kappa shape index (κ3) is 3.53. The van der Waals surface area contributed by atoms with E-state index in [1.165, 1.54) is 19.2 Å². The molecule has 0 saturated carbocycles. The number of rotatable bonds is 5. The average Bonchev–Trinajstić information content (AvgIpc) is 2.35. The first-order chi connectivity index (χ1) is 8.08. The molecule has 6 heteroatoms. The van der Waals surface area contributed by atoms with Crippen molar-refractivity contribution in [3.8, 4) is 0 Å². The molecule has 17 heavy (non-hydrogen) atoms. The fraction of sp³-hybridized carbons (Fsp3) is 0.364. The molecule has 0 saturated heterocycles. The molecule has 0 aliphatic carbocycles. The van der Waals surface area contributed by atoms with Crippen LogP contribution in [0.2, 0.25) is 0 Å². The highest BCUT2D eigenvalue weighted by molar-refractivity contribution is 5.70. The molecular weight excluding hydrogens is 224 g/mol. The van der Waals surface area contributed by atoms with E-state index in [0.717, 1.165) is 0 Å². The van der Waals surface area contributed by atoms with Crippen molar-refractivity contribution >= 4 is 11.7 Å². The first-order valence-corrected chi connectivity index (χ1v) is 5.09. The van der Waals surface area contributed by atoms with Crippen LogP contribution in [-0.4, -0.2) is 24.5 Å². The van der Waals surface area contributed by atoms with E-state index >= 15 is 0 Å². The molecule has 1 unspecified atom stereocenters. The van der Waals surface area contributed by atoms with E-state index in [9.17, 15) is 14.9 Å². The van der Waals surface area contributed by atoms with Gasteiger partial charge in [0.15, 0.2) is 0 Å². The molecule has 0 heterocycles. The van der Waals surface area contributed by atoms with Crippen LogP contribution < -0.4 is 5.73 Å². The topological polar surface area (TPSA) is 95.5 Å². The standard InChI is InChI=1S/C11H14N2O4/c1-17-11(14)6-9(7-12)8-3-2-4-10(5-8)13(15)16/h2-5,9H,6-7,12H2,1H3. The maximum atomic E-state index is 11.2. The highest BCUT2D eigenvalue weighted by Gasteiger charge is 2.17. The minimum Gasteiger partial charge on any atom is -0.469 e. The van der Waals surface area contributed by atoms with Gasteiger partial charge in [-0.1, -0.05) is 12.1 Å². The van der Waals surface area contributed by atoms with E-state index in [2.05, 4.69) is 4.74 Å². The number of carbonyl (C=O) groups is 1. The highest BCUT2D eigenvalue weighted by atomic mass is 16.6. The number of nitrogens with two attached hydrogens (primary N) is 1. The molecule has 92 valence electrons. The van der Waals surface area contributed by atoms with Crippen molar-refractivity contribution in [1.29, 1.82) is 0 Å². The van der Waals surface area contributed by atoms with Gasteiger partial charge in [0.05, 0.1) is 18.5 Å². The van der Waals surface area contributed by atoms with Gasteiger partial charge in [-0.25, -0.2) is 0 Å². The Labute approximate surface area is 98.5 Å². The smallest absolute Gasteiger partial charge is 0.306 e. The van der Waals surface area contributed by atoms with Crippen LogP contribution in [0.1, 0.15) is 17.9 Å².